The van der Waals surface area contributed by atoms with Crippen LogP contribution >= 0.6 is 0 Å². The number of hydrogen-bond donors (Lipinski definition) is 1. The van der Waals surface area contributed by atoms with Crippen molar-refractivity contribution in [2.24, 2.45) is 0 Å². The molecule has 1 aromatic heterocycles. The number of morpholine rings is 1. The number of ether oxygens (including phenoxy) is 2. The van der Waals surface area contributed by atoms with Crippen LogP contribution in [0.15, 0.2) is 18.2 Å². The van der Waals surface area contributed by atoms with Crippen LogP contribution in [-0.2, 0) is 11.3 Å². The lowest BCUT2D eigenvalue weighted by atomic mass is 10.2. The number of hydrogen-bond acceptors (Lipinski definition) is 5. The first-order chi connectivity index (χ1) is 9.85. The van der Waals surface area contributed by atoms with Crippen LogP contribution in [0.5, 0.6) is 5.88 Å². The van der Waals surface area contributed by atoms with Gasteiger partial charge in [-0.05, 0) is 25.5 Å². The molecule has 1 N–H and O–H groups in total. The summed E-state index contributed by atoms with van der Waals surface area (Å²) in [7, 11) is 1.64. The van der Waals surface area contributed by atoms with E-state index in [0.29, 0.717) is 18.0 Å². The van der Waals surface area contributed by atoms with Crippen LogP contribution in [-0.4, -0.2) is 55.4 Å². The van der Waals surface area contributed by atoms with Gasteiger partial charge in [0, 0.05) is 31.7 Å². The molecule has 5 heteroatoms. The first-order valence-corrected chi connectivity index (χ1v) is 7.41. The number of nitrogens with one attached hydrogen (secondary N) is 1. The SMILES string of the molecule is COc1cccc(CNCC2CN3CCCC3CO2)n1. The Hall–Kier alpha value is -1.17. The second kappa shape index (κ2) is 6.52. The standard InChI is InChI=1S/C15H23N3O2/c1-19-15-6-2-4-12(17-15)8-16-9-14-10-18-7-3-5-13(18)11-20-14/h2,4,6,13-14,16H,3,5,7-11H2,1H3. The Morgan fingerprint density at radius 1 is 1.50 bits per heavy atom. The highest BCUT2D eigenvalue weighted by Crippen LogP contribution is 2.22. The van der Waals surface area contributed by atoms with Crippen molar-refractivity contribution in [3.63, 3.8) is 0 Å². The van der Waals surface area contributed by atoms with Gasteiger partial charge in [-0.1, -0.05) is 6.07 Å². The van der Waals surface area contributed by atoms with Gasteiger partial charge in [-0.25, -0.2) is 4.98 Å². The molecule has 1 aromatic rings. The van der Waals surface area contributed by atoms with E-state index in [9.17, 15) is 0 Å². The van der Waals surface area contributed by atoms with E-state index in [4.69, 9.17) is 9.47 Å². The highest BCUT2D eigenvalue weighted by atomic mass is 16.5. The average molecular weight is 277 g/mol. The summed E-state index contributed by atoms with van der Waals surface area (Å²) in [6.45, 7) is 4.82. The Balaban J connectivity index is 1.43. The fraction of sp³-hybridized carbons (Fsp3) is 0.667. The maximum absolute atomic E-state index is 5.93. The molecule has 3 rings (SSSR count). The molecule has 0 saturated carbocycles. The smallest absolute Gasteiger partial charge is 0.213 e. The maximum atomic E-state index is 5.93. The summed E-state index contributed by atoms with van der Waals surface area (Å²) >= 11 is 0. The van der Waals surface area contributed by atoms with Gasteiger partial charge in [-0.15, -0.1) is 0 Å². The zero-order chi connectivity index (χ0) is 13.8. The fourth-order valence-corrected chi connectivity index (χ4v) is 3.04. The van der Waals surface area contributed by atoms with Gasteiger partial charge >= 0.3 is 0 Å². The van der Waals surface area contributed by atoms with Crippen LogP contribution in [0, 0.1) is 0 Å². The molecule has 2 aliphatic heterocycles. The predicted molar refractivity (Wildman–Crippen MR) is 76.8 cm³/mol. The van der Waals surface area contributed by atoms with Crippen molar-refractivity contribution in [2.75, 3.05) is 33.4 Å². The molecule has 2 unspecified atom stereocenters. The van der Waals surface area contributed by atoms with Gasteiger partial charge in [0.05, 0.1) is 25.5 Å². The number of fused-ring (bicyclic) bond motifs is 1. The van der Waals surface area contributed by atoms with Crippen LogP contribution in [0.4, 0.5) is 0 Å². The molecular weight excluding hydrogens is 254 g/mol. The van der Waals surface area contributed by atoms with E-state index >= 15 is 0 Å². The lowest BCUT2D eigenvalue weighted by molar-refractivity contribution is -0.0470. The number of methoxy groups -OCH3 is 1. The number of nitrogens with zero attached hydrogens (tertiary/aromatic N) is 2. The molecule has 3 heterocycles. The topological polar surface area (TPSA) is 46.6 Å². The Morgan fingerprint density at radius 2 is 2.45 bits per heavy atom. The number of rotatable bonds is 5. The summed E-state index contributed by atoms with van der Waals surface area (Å²) in [6, 6.07) is 6.51. The highest BCUT2D eigenvalue weighted by Gasteiger charge is 2.31. The van der Waals surface area contributed by atoms with E-state index in [1.807, 2.05) is 18.2 Å². The van der Waals surface area contributed by atoms with Crippen molar-refractivity contribution in [3.8, 4) is 5.88 Å². The Bertz CT molecular complexity index is 441. The first-order valence-electron chi connectivity index (χ1n) is 7.41. The third-order valence-electron chi connectivity index (χ3n) is 4.13. The Morgan fingerprint density at radius 3 is 3.35 bits per heavy atom. The van der Waals surface area contributed by atoms with Crippen molar-refractivity contribution in [3.05, 3.63) is 23.9 Å². The highest BCUT2D eigenvalue weighted by molar-refractivity contribution is 5.15. The van der Waals surface area contributed by atoms with Crippen molar-refractivity contribution >= 4 is 0 Å². The van der Waals surface area contributed by atoms with Crippen molar-refractivity contribution in [2.45, 2.75) is 31.5 Å². The molecule has 5 nitrogen and oxygen atoms in total. The summed E-state index contributed by atoms with van der Waals surface area (Å²) in [5.74, 6) is 0.665. The third-order valence-corrected chi connectivity index (χ3v) is 4.13. The second-order valence-electron chi connectivity index (χ2n) is 5.55. The molecule has 110 valence electrons. The Labute approximate surface area is 120 Å². The van der Waals surface area contributed by atoms with Crippen LogP contribution < -0.4 is 10.1 Å². The molecular formula is C15H23N3O2. The van der Waals surface area contributed by atoms with Gasteiger partial charge in [0.2, 0.25) is 5.88 Å². The van der Waals surface area contributed by atoms with Gasteiger partial charge in [0.25, 0.3) is 0 Å². The monoisotopic (exact) mass is 277 g/mol. The molecule has 0 radical (unpaired) electrons. The molecule has 0 aliphatic carbocycles. The average Bonchev–Trinajstić information content (AvgIpc) is 2.95. The maximum Gasteiger partial charge on any atom is 0.213 e. The molecule has 2 atom stereocenters. The zero-order valence-electron chi connectivity index (χ0n) is 12.0. The molecule has 0 amide bonds. The molecule has 20 heavy (non-hydrogen) atoms. The summed E-state index contributed by atoms with van der Waals surface area (Å²) in [5.41, 5.74) is 0.999. The van der Waals surface area contributed by atoms with Crippen LogP contribution in [0.1, 0.15) is 18.5 Å². The predicted octanol–water partition coefficient (Wildman–Crippen LogP) is 1.04. The van der Waals surface area contributed by atoms with E-state index in [2.05, 4.69) is 15.2 Å². The van der Waals surface area contributed by atoms with Crippen LogP contribution in [0.3, 0.4) is 0 Å². The zero-order valence-corrected chi connectivity index (χ0v) is 12.0. The van der Waals surface area contributed by atoms with Gasteiger partial charge in [-0.3, -0.25) is 4.90 Å². The minimum Gasteiger partial charge on any atom is -0.481 e. The molecule has 2 fully saturated rings. The number of pyridine rings is 1. The Kier molecular flexibility index (Phi) is 4.50. The lowest BCUT2D eigenvalue weighted by Gasteiger charge is -2.35. The lowest BCUT2D eigenvalue weighted by Crippen LogP contribution is -2.49. The van der Waals surface area contributed by atoms with Gasteiger partial charge in [-0.2, -0.15) is 0 Å². The largest absolute Gasteiger partial charge is 0.481 e. The van der Waals surface area contributed by atoms with Gasteiger partial charge in [0.15, 0.2) is 0 Å². The summed E-state index contributed by atoms with van der Waals surface area (Å²) in [6.07, 6.45) is 2.92. The van der Waals surface area contributed by atoms with Crippen molar-refractivity contribution in [1.82, 2.24) is 15.2 Å². The van der Waals surface area contributed by atoms with Crippen LogP contribution in [0.2, 0.25) is 0 Å². The number of aromatic nitrogens is 1. The van der Waals surface area contributed by atoms with E-state index in [0.717, 1.165) is 31.9 Å². The minimum absolute atomic E-state index is 0.301. The molecule has 2 saturated heterocycles. The summed E-state index contributed by atoms with van der Waals surface area (Å²) in [4.78, 5) is 6.96. The van der Waals surface area contributed by atoms with Crippen molar-refractivity contribution < 1.29 is 9.47 Å². The third kappa shape index (κ3) is 3.29. The molecule has 0 spiro atoms. The summed E-state index contributed by atoms with van der Waals surface area (Å²) in [5, 5.41) is 3.43. The fourth-order valence-electron chi connectivity index (χ4n) is 3.04. The minimum atomic E-state index is 0.301. The molecule has 2 aliphatic rings. The van der Waals surface area contributed by atoms with Crippen LogP contribution in [0.25, 0.3) is 0 Å². The van der Waals surface area contributed by atoms with E-state index in [1.165, 1.54) is 19.4 Å². The van der Waals surface area contributed by atoms with Crippen molar-refractivity contribution in [1.29, 1.82) is 0 Å². The first kappa shape index (κ1) is 13.8. The van der Waals surface area contributed by atoms with Gasteiger partial charge < -0.3 is 14.8 Å². The van der Waals surface area contributed by atoms with E-state index in [1.54, 1.807) is 7.11 Å². The normalized spacial score (nSPS) is 26.4. The van der Waals surface area contributed by atoms with Gasteiger partial charge in [0.1, 0.15) is 0 Å². The second-order valence-corrected chi connectivity index (χ2v) is 5.55. The molecule has 0 bridgehead atoms. The van der Waals surface area contributed by atoms with E-state index < -0.39 is 0 Å². The molecule has 0 aromatic carbocycles. The summed E-state index contributed by atoms with van der Waals surface area (Å²) < 4.78 is 11.1. The quantitative estimate of drug-likeness (QED) is 0.871. The van der Waals surface area contributed by atoms with E-state index in [-0.39, 0.29) is 0 Å².